The van der Waals surface area contributed by atoms with Crippen LogP contribution in [0.15, 0.2) is 12.3 Å². The van der Waals surface area contributed by atoms with Crippen LogP contribution in [0.3, 0.4) is 0 Å². The van der Waals surface area contributed by atoms with E-state index in [1.54, 1.807) is 6.92 Å². The van der Waals surface area contributed by atoms with Gasteiger partial charge in [-0.1, -0.05) is 11.6 Å². The molecular weight excluding hydrogens is 246 g/mol. The van der Waals surface area contributed by atoms with Gasteiger partial charge in [0.15, 0.2) is 0 Å². The van der Waals surface area contributed by atoms with E-state index in [0.29, 0.717) is 24.6 Å². The number of nitrogens with zero attached hydrogens (tertiary/aromatic N) is 1. The predicted molar refractivity (Wildman–Crippen MR) is 62.3 cm³/mol. The van der Waals surface area contributed by atoms with E-state index < -0.39 is 5.97 Å². The zero-order valence-corrected chi connectivity index (χ0v) is 10.2. The van der Waals surface area contributed by atoms with Gasteiger partial charge in [-0.3, -0.25) is 4.79 Å². The van der Waals surface area contributed by atoms with E-state index in [2.05, 4.69) is 0 Å². The molecule has 1 N–H and O–H groups in total. The van der Waals surface area contributed by atoms with E-state index >= 15 is 0 Å². The van der Waals surface area contributed by atoms with Crippen LogP contribution in [0.5, 0.6) is 0 Å². The van der Waals surface area contributed by atoms with Crippen molar-refractivity contribution in [3.8, 4) is 0 Å². The van der Waals surface area contributed by atoms with Crippen molar-refractivity contribution in [2.75, 3.05) is 6.61 Å². The Kier molecular flexibility index (Phi) is 5.03. The van der Waals surface area contributed by atoms with Gasteiger partial charge in [0.25, 0.3) is 0 Å². The Balaban J connectivity index is 2.51. The second kappa shape index (κ2) is 6.30. The van der Waals surface area contributed by atoms with Gasteiger partial charge in [0, 0.05) is 19.2 Å². The van der Waals surface area contributed by atoms with Crippen molar-refractivity contribution in [1.82, 2.24) is 4.57 Å². The summed E-state index contributed by atoms with van der Waals surface area (Å²) in [5.74, 6) is -1.31. The minimum Gasteiger partial charge on any atom is -0.477 e. The van der Waals surface area contributed by atoms with Crippen LogP contribution < -0.4 is 0 Å². The lowest BCUT2D eigenvalue weighted by Crippen LogP contribution is -2.10. The van der Waals surface area contributed by atoms with Crippen molar-refractivity contribution in [3.05, 3.63) is 23.0 Å². The number of carboxylic acids is 1. The summed E-state index contributed by atoms with van der Waals surface area (Å²) in [4.78, 5) is 21.9. The van der Waals surface area contributed by atoms with Gasteiger partial charge < -0.3 is 14.4 Å². The maximum Gasteiger partial charge on any atom is 0.352 e. The molecule has 5 nitrogen and oxygen atoms in total. The summed E-state index contributed by atoms with van der Waals surface area (Å²) in [7, 11) is 0. The number of halogens is 1. The minimum absolute atomic E-state index is 0.124. The third-order valence-corrected chi connectivity index (χ3v) is 2.37. The lowest BCUT2D eigenvalue weighted by atomic mass is 10.3. The molecule has 1 heterocycles. The van der Waals surface area contributed by atoms with Crippen LogP contribution in [0.2, 0.25) is 5.02 Å². The Bertz CT molecular complexity index is 414. The molecule has 0 bridgehead atoms. The highest BCUT2D eigenvalue weighted by molar-refractivity contribution is 6.30. The summed E-state index contributed by atoms with van der Waals surface area (Å²) in [5.41, 5.74) is 0.124. The van der Waals surface area contributed by atoms with E-state index in [1.807, 2.05) is 0 Å². The largest absolute Gasteiger partial charge is 0.477 e. The first-order valence-electron chi connectivity index (χ1n) is 5.29. The number of aromatic carboxylic acids is 1. The Morgan fingerprint density at radius 3 is 2.82 bits per heavy atom. The molecular formula is C11H14ClNO4. The molecule has 1 aromatic heterocycles. The molecule has 94 valence electrons. The molecule has 0 aliphatic heterocycles. The molecule has 0 unspecified atom stereocenters. The standard InChI is InChI=1S/C11H14ClNO4/c1-2-17-10(14)4-3-5-13-7-8(12)6-9(13)11(15)16/h6-7H,2-5H2,1H3,(H,15,16). The number of ether oxygens (including phenoxy) is 1. The lowest BCUT2D eigenvalue weighted by Gasteiger charge is -2.05. The van der Waals surface area contributed by atoms with Crippen molar-refractivity contribution in [1.29, 1.82) is 0 Å². The fraction of sp³-hybridized carbons (Fsp3) is 0.455. The number of carbonyl (C=O) groups is 2. The van der Waals surface area contributed by atoms with E-state index in [0.717, 1.165) is 0 Å². The van der Waals surface area contributed by atoms with Crippen molar-refractivity contribution in [2.24, 2.45) is 0 Å². The Hall–Kier alpha value is -1.49. The predicted octanol–water partition coefficient (Wildman–Crippen LogP) is 2.18. The second-order valence-electron chi connectivity index (χ2n) is 3.45. The molecule has 0 saturated carbocycles. The lowest BCUT2D eigenvalue weighted by molar-refractivity contribution is -0.143. The number of aromatic nitrogens is 1. The van der Waals surface area contributed by atoms with E-state index in [9.17, 15) is 9.59 Å². The van der Waals surface area contributed by atoms with Gasteiger partial charge in [-0.2, -0.15) is 0 Å². The fourth-order valence-corrected chi connectivity index (χ4v) is 1.69. The van der Waals surface area contributed by atoms with Crippen molar-refractivity contribution in [3.63, 3.8) is 0 Å². The van der Waals surface area contributed by atoms with Gasteiger partial charge in [0.05, 0.1) is 11.6 Å². The minimum atomic E-state index is -1.03. The molecule has 0 aliphatic carbocycles. The number of hydrogen-bond acceptors (Lipinski definition) is 3. The first-order valence-corrected chi connectivity index (χ1v) is 5.67. The second-order valence-corrected chi connectivity index (χ2v) is 3.89. The number of carboxylic acid groups (broad SMARTS) is 1. The molecule has 0 fully saturated rings. The molecule has 0 amide bonds. The normalized spacial score (nSPS) is 10.2. The average molecular weight is 260 g/mol. The molecule has 0 aliphatic rings. The van der Waals surface area contributed by atoms with Gasteiger partial charge in [-0.05, 0) is 19.4 Å². The molecule has 17 heavy (non-hydrogen) atoms. The van der Waals surface area contributed by atoms with Crippen molar-refractivity contribution < 1.29 is 19.4 Å². The van der Waals surface area contributed by atoms with Crippen LogP contribution in [0.4, 0.5) is 0 Å². The molecule has 0 saturated heterocycles. The molecule has 0 radical (unpaired) electrons. The molecule has 0 atom stereocenters. The van der Waals surface area contributed by atoms with E-state index in [-0.39, 0.29) is 18.1 Å². The topological polar surface area (TPSA) is 68.5 Å². The summed E-state index contributed by atoms with van der Waals surface area (Å²) in [6, 6.07) is 1.38. The molecule has 1 aromatic rings. The van der Waals surface area contributed by atoms with Crippen LogP contribution in [0.25, 0.3) is 0 Å². The summed E-state index contributed by atoms with van der Waals surface area (Å²) in [6.07, 6.45) is 2.32. The third-order valence-electron chi connectivity index (χ3n) is 2.17. The molecule has 0 aromatic carbocycles. The number of aryl methyl sites for hydroxylation is 1. The van der Waals surface area contributed by atoms with Gasteiger partial charge >= 0.3 is 11.9 Å². The number of esters is 1. The van der Waals surface area contributed by atoms with Crippen molar-refractivity contribution >= 4 is 23.5 Å². The molecule has 6 heteroatoms. The van der Waals surface area contributed by atoms with Crippen LogP contribution in [0.1, 0.15) is 30.3 Å². The summed E-state index contributed by atoms with van der Waals surface area (Å²) >= 11 is 5.73. The quantitative estimate of drug-likeness (QED) is 0.795. The first kappa shape index (κ1) is 13.6. The Morgan fingerprint density at radius 1 is 1.53 bits per heavy atom. The van der Waals surface area contributed by atoms with Gasteiger partial charge in [0.1, 0.15) is 5.69 Å². The SMILES string of the molecule is CCOC(=O)CCCn1cc(Cl)cc1C(=O)O. The van der Waals surface area contributed by atoms with E-state index in [4.69, 9.17) is 21.4 Å². The zero-order chi connectivity index (χ0) is 12.8. The van der Waals surface area contributed by atoms with Crippen LogP contribution in [-0.4, -0.2) is 28.2 Å². The fourth-order valence-electron chi connectivity index (χ4n) is 1.47. The molecule has 0 spiro atoms. The Labute approximate surface area is 104 Å². The Morgan fingerprint density at radius 2 is 2.24 bits per heavy atom. The van der Waals surface area contributed by atoms with Gasteiger partial charge in [-0.15, -0.1) is 0 Å². The maximum absolute atomic E-state index is 11.1. The number of hydrogen-bond donors (Lipinski definition) is 1. The smallest absolute Gasteiger partial charge is 0.352 e. The summed E-state index contributed by atoms with van der Waals surface area (Å²) < 4.78 is 6.29. The van der Waals surface area contributed by atoms with Crippen LogP contribution >= 0.6 is 11.6 Å². The zero-order valence-electron chi connectivity index (χ0n) is 9.48. The van der Waals surface area contributed by atoms with Crippen LogP contribution in [-0.2, 0) is 16.1 Å². The average Bonchev–Trinajstić information content (AvgIpc) is 2.60. The monoisotopic (exact) mass is 259 g/mol. The summed E-state index contributed by atoms with van der Waals surface area (Å²) in [5, 5.41) is 9.27. The summed E-state index contributed by atoms with van der Waals surface area (Å²) in [6.45, 7) is 2.52. The number of rotatable bonds is 6. The van der Waals surface area contributed by atoms with E-state index in [1.165, 1.54) is 16.8 Å². The van der Waals surface area contributed by atoms with Gasteiger partial charge in [0.2, 0.25) is 0 Å². The maximum atomic E-state index is 11.1. The van der Waals surface area contributed by atoms with Crippen LogP contribution in [0, 0.1) is 0 Å². The highest BCUT2D eigenvalue weighted by Gasteiger charge is 2.11. The van der Waals surface area contributed by atoms with Gasteiger partial charge in [-0.25, -0.2) is 4.79 Å². The highest BCUT2D eigenvalue weighted by atomic mass is 35.5. The molecule has 1 rings (SSSR count). The first-order chi connectivity index (χ1) is 8.04. The number of carbonyl (C=O) groups excluding carboxylic acids is 1. The highest BCUT2D eigenvalue weighted by Crippen LogP contribution is 2.15. The van der Waals surface area contributed by atoms with Crippen molar-refractivity contribution in [2.45, 2.75) is 26.3 Å². The third kappa shape index (κ3) is 4.11.